The zero-order valence-corrected chi connectivity index (χ0v) is 10.2. The normalized spacial score (nSPS) is 25.3. The quantitative estimate of drug-likeness (QED) is 0.860. The van der Waals surface area contributed by atoms with E-state index in [2.05, 4.69) is 16.6 Å². The van der Waals surface area contributed by atoms with Gasteiger partial charge in [0, 0.05) is 23.7 Å². The van der Waals surface area contributed by atoms with E-state index < -0.39 is 0 Å². The Bertz CT molecular complexity index is 339. The number of hydrogen-bond acceptors (Lipinski definition) is 3. The van der Waals surface area contributed by atoms with Gasteiger partial charge in [-0.15, -0.1) is 0 Å². The maximum atomic E-state index is 11.8. The molecule has 1 aliphatic carbocycles. The summed E-state index contributed by atoms with van der Waals surface area (Å²) in [6, 6.07) is 0.255. The molecule has 0 saturated heterocycles. The van der Waals surface area contributed by atoms with Crippen LogP contribution in [-0.2, 0) is 0 Å². The molecule has 0 bridgehead atoms. The molecular formula is C11H17N3OS. The second kappa shape index (κ2) is 5.39. The van der Waals surface area contributed by atoms with Crippen LogP contribution < -0.4 is 5.32 Å². The number of imidazole rings is 1. The van der Waals surface area contributed by atoms with Gasteiger partial charge in [-0.25, -0.2) is 9.78 Å². The number of aromatic nitrogens is 2. The lowest BCUT2D eigenvalue weighted by Gasteiger charge is -2.28. The molecule has 2 unspecified atom stereocenters. The largest absolute Gasteiger partial charge is 0.335 e. The van der Waals surface area contributed by atoms with E-state index in [1.807, 2.05) is 11.8 Å². The highest BCUT2D eigenvalue weighted by Crippen LogP contribution is 2.26. The van der Waals surface area contributed by atoms with Crippen molar-refractivity contribution in [3.8, 4) is 0 Å². The second-order valence-corrected chi connectivity index (χ2v) is 5.28. The molecule has 0 spiro atoms. The van der Waals surface area contributed by atoms with Crippen molar-refractivity contribution >= 4 is 17.8 Å². The van der Waals surface area contributed by atoms with Crippen LogP contribution in [0.4, 0.5) is 4.79 Å². The molecule has 1 aliphatic rings. The second-order valence-electron chi connectivity index (χ2n) is 4.14. The van der Waals surface area contributed by atoms with Crippen LogP contribution >= 0.6 is 11.8 Å². The van der Waals surface area contributed by atoms with Crippen molar-refractivity contribution in [2.75, 3.05) is 6.26 Å². The first kappa shape index (κ1) is 11.5. The Balaban J connectivity index is 1.87. The average Bonchev–Trinajstić information content (AvgIpc) is 2.83. The number of hydrogen-bond donors (Lipinski definition) is 1. The van der Waals surface area contributed by atoms with Gasteiger partial charge in [-0.2, -0.15) is 11.8 Å². The number of carbonyl (C=O) groups is 1. The Morgan fingerprint density at radius 3 is 3.12 bits per heavy atom. The molecule has 0 radical (unpaired) electrons. The minimum atomic E-state index is -0.0655. The van der Waals surface area contributed by atoms with Crippen LogP contribution in [0.1, 0.15) is 25.7 Å². The topological polar surface area (TPSA) is 46.9 Å². The Kier molecular flexibility index (Phi) is 3.88. The highest BCUT2D eigenvalue weighted by Gasteiger charge is 2.22. The third-order valence-corrected chi connectivity index (χ3v) is 4.12. The van der Waals surface area contributed by atoms with E-state index in [9.17, 15) is 4.79 Å². The zero-order valence-electron chi connectivity index (χ0n) is 9.43. The van der Waals surface area contributed by atoms with Gasteiger partial charge < -0.3 is 5.32 Å². The molecule has 1 N–H and O–H groups in total. The van der Waals surface area contributed by atoms with Gasteiger partial charge in [0.05, 0.1) is 0 Å². The van der Waals surface area contributed by atoms with E-state index in [4.69, 9.17) is 0 Å². The third kappa shape index (κ3) is 2.78. The fourth-order valence-electron chi connectivity index (χ4n) is 2.12. The van der Waals surface area contributed by atoms with Gasteiger partial charge in [-0.1, -0.05) is 6.42 Å². The first-order valence-corrected chi connectivity index (χ1v) is 6.90. The van der Waals surface area contributed by atoms with Crippen molar-refractivity contribution < 1.29 is 4.79 Å². The van der Waals surface area contributed by atoms with Crippen LogP contribution in [0, 0.1) is 0 Å². The van der Waals surface area contributed by atoms with Crippen molar-refractivity contribution in [3.05, 3.63) is 18.7 Å². The Labute approximate surface area is 99.8 Å². The molecule has 1 saturated carbocycles. The van der Waals surface area contributed by atoms with E-state index >= 15 is 0 Å². The summed E-state index contributed by atoms with van der Waals surface area (Å²) in [5, 5.41) is 3.75. The number of carbonyl (C=O) groups excluding carboxylic acids is 1. The van der Waals surface area contributed by atoms with Gasteiger partial charge >= 0.3 is 6.03 Å². The maximum absolute atomic E-state index is 11.8. The van der Waals surface area contributed by atoms with E-state index in [1.165, 1.54) is 23.7 Å². The van der Waals surface area contributed by atoms with Crippen LogP contribution in [0.5, 0.6) is 0 Å². The molecule has 0 aromatic carbocycles. The molecule has 0 aliphatic heterocycles. The molecule has 1 aromatic heterocycles. The Morgan fingerprint density at radius 2 is 2.44 bits per heavy atom. The summed E-state index contributed by atoms with van der Waals surface area (Å²) in [5.74, 6) is 0. The zero-order chi connectivity index (χ0) is 11.4. The standard InChI is InChI=1S/C11H17N3OS/c1-16-10-4-2-3-9(7-10)13-11(15)14-6-5-12-8-14/h5-6,8-10H,2-4,7H2,1H3,(H,13,15). The van der Waals surface area contributed by atoms with Gasteiger partial charge in [0.2, 0.25) is 0 Å². The summed E-state index contributed by atoms with van der Waals surface area (Å²) < 4.78 is 1.49. The summed E-state index contributed by atoms with van der Waals surface area (Å²) in [6.45, 7) is 0. The SMILES string of the molecule is CSC1CCCC(NC(=O)n2ccnc2)C1. The number of amides is 1. The number of rotatable bonds is 2. The predicted octanol–water partition coefficient (Wildman–Crippen LogP) is 2.12. The fourth-order valence-corrected chi connectivity index (χ4v) is 2.95. The lowest BCUT2D eigenvalue weighted by atomic mass is 9.95. The van der Waals surface area contributed by atoms with Crippen LogP contribution in [0.3, 0.4) is 0 Å². The van der Waals surface area contributed by atoms with Crippen LogP contribution in [0.2, 0.25) is 0 Å². The monoisotopic (exact) mass is 239 g/mol. The lowest BCUT2D eigenvalue weighted by Crippen LogP contribution is -2.40. The molecule has 2 rings (SSSR count). The highest BCUT2D eigenvalue weighted by atomic mass is 32.2. The average molecular weight is 239 g/mol. The minimum Gasteiger partial charge on any atom is -0.335 e. The summed E-state index contributed by atoms with van der Waals surface area (Å²) >= 11 is 1.90. The molecular weight excluding hydrogens is 222 g/mol. The van der Waals surface area contributed by atoms with Crippen molar-refractivity contribution in [1.82, 2.24) is 14.9 Å². The Hall–Kier alpha value is -0.970. The molecule has 1 fully saturated rings. The predicted molar refractivity (Wildman–Crippen MR) is 65.7 cm³/mol. The first-order chi connectivity index (χ1) is 7.79. The fraction of sp³-hybridized carbons (Fsp3) is 0.636. The van der Waals surface area contributed by atoms with E-state index in [0.717, 1.165) is 12.8 Å². The summed E-state index contributed by atoms with van der Waals surface area (Å²) in [6.07, 6.45) is 11.6. The van der Waals surface area contributed by atoms with Crippen LogP contribution in [0.25, 0.3) is 0 Å². The van der Waals surface area contributed by atoms with Crippen molar-refractivity contribution in [2.24, 2.45) is 0 Å². The van der Waals surface area contributed by atoms with Crippen molar-refractivity contribution in [1.29, 1.82) is 0 Å². The number of nitrogens with one attached hydrogen (secondary N) is 1. The smallest absolute Gasteiger partial charge is 0.327 e. The molecule has 1 aromatic rings. The van der Waals surface area contributed by atoms with Gasteiger partial charge in [-0.05, 0) is 25.5 Å². The molecule has 88 valence electrons. The molecule has 1 heterocycles. The van der Waals surface area contributed by atoms with Crippen molar-refractivity contribution in [2.45, 2.75) is 37.0 Å². The van der Waals surface area contributed by atoms with Gasteiger partial charge in [0.15, 0.2) is 0 Å². The summed E-state index contributed by atoms with van der Waals surface area (Å²) in [5.41, 5.74) is 0. The van der Waals surface area contributed by atoms with Gasteiger partial charge in [-0.3, -0.25) is 4.57 Å². The van der Waals surface area contributed by atoms with Gasteiger partial charge in [0.1, 0.15) is 6.33 Å². The van der Waals surface area contributed by atoms with Gasteiger partial charge in [0.25, 0.3) is 0 Å². The summed E-state index contributed by atoms with van der Waals surface area (Å²) in [4.78, 5) is 15.6. The molecule has 4 nitrogen and oxygen atoms in total. The molecule has 1 amide bonds. The van der Waals surface area contributed by atoms with E-state index in [0.29, 0.717) is 11.3 Å². The number of thioether (sulfide) groups is 1. The lowest BCUT2D eigenvalue weighted by molar-refractivity contribution is 0.234. The number of nitrogens with zero attached hydrogens (tertiary/aromatic N) is 2. The first-order valence-electron chi connectivity index (χ1n) is 5.61. The maximum Gasteiger partial charge on any atom is 0.327 e. The van der Waals surface area contributed by atoms with Crippen molar-refractivity contribution in [3.63, 3.8) is 0 Å². The summed E-state index contributed by atoms with van der Waals surface area (Å²) in [7, 11) is 0. The minimum absolute atomic E-state index is 0.0655. The van der Waals surface area contributed by atoms with Crippen LogP contribution in [0.15, 0.2) is 18.7 Å². The van der Waals surface area contributed by atoms with Crippen LogP contribution in [-0.4, -0.2) is 33.1 Å². The molecule has 5 heteroatoms. The van der Waals surface area contributed by atoms with E-state index in [-0.39, 0.29) is 6.03 Å². The third-order valence-electron chi connectivity index (χ3n) is 3.03. The molecule has 2 atom stereocenters. The Morgan fingerprint density at radius 1 is 1.56 bits per heavy atom. The molecule has 16 heavy (non-hydrogen) atoms. The highest BCUT2D eigenvalue weighted by molar-refractivity contribution is 7.99. The van der Waals surface area contributed by atoms with E-state index in [1.54, 1.807) is 12.4 Å².